The first-order chi connectivity index (χ1) is 5.34. The summed E-state index contributed by atoms with van der Waals surface area (Å²) in [5.74, 6) is 6.39. The lowest BCUT2D eigenvalue weighted by Crippen LogP contribution is -2.11. The highest BCUT2D eigenvalue weighted by molar-refractivity contribution is 4.84. The lowest BCUT2D eigenvalue weighted by molar-refractivity contribution is 0.679. The summed E-state index contributed by atoms with van der Waals surface area (Å²) in [4.78, 5) is 0. The van der Waals surface area contributed by atoms with Crippen molar-refractivity contribution in [3.8, 4) is 0 Å². The molecule has 4 heteroatoms. The molecule has 0 radical (unpaired) electrons. The van der Waals surface area contributed by atoms with E-state index in [0.29, 0.717) is 0 Å². The fourth-order valence-electron chi connectivity index (χ4n) is 0.979. The lowest BCUT2D eigenvalue weighted by atomic mass is 10.2. The number of hydrogen-bond acceptors (Lipinski definition) is 3. The van der Waals surface area contributed by atoms with Crippen molar-refractivity contribution < 1.29 is 0 Å². The predicted molar refractivity (Wildman–Crippen MR) is 43.4 cm³/mol. The van der Waals surface area contributed by atoms with Gasteiger partial charge in [0, 0.05) is 6.42 Å². The number of aromatic nitrogens is 3. The van der Waals surface area contributed by atoms with Crippen LogP contribution in [0.5, 0.6) is 0 Å². The van der Waals surface area contributed by atoms with Gasteiger partial charge in [-0.3, -0.25) is 0 Å². The van der Waals surface area contributed by atoms with Crippen LogP contribution in [0.1, 0.15) is 32.0 Å². The Morgan fingerprint density at radius 2 is 2.36 bits per heavy atom. The molecule has 0 aliphatic heterocycles. The first-order valence-corrected chi connectivity index (χ1v) is 3.98. The molecule has 62 valence electrons. The second kappa shape index (κ2) is 3.95. The number of aryl methyl sites for hydroxylation is 1. The van der Waals surface area contributed by atoms with Gasteiger partial charge in [-0.05, 0) is 6.42 Å². The van der Waals surface area contributed by atoms with Crippen LogP contribution < -0.4 is 5.84 Å². The molecule has 0 spiro atoms. The summed E-state index contributed by atoms with van der Waals surface area (Å²) in [5, 5.41) is 7.56. The second-order valence-corrected chi connectivity index (χ2v) is 2.61. The Labute approximate surface area is 66.4 Å². The quantitative estimate of drug-likeness (QED) is 0.513. The molecular formula is C7H14N4. The Morgan fingerprint density at radius 3 is 2.91 bits per heavy atom. The number of nitrogens with zero attached hydrogens (tertiary/aromatic N) is 3. The molecule has 0 aliphatic rings. The molecule has 0 atom stereocenters. The van der Waals surface area contributed by atoms with Crippen molar-refractivity contribution in [2.24, 2.45) is 0 Å². The van der Waals surface area contributed by atoms with Gasteiger partial charge in [0.2, 0.25) is 0 Å². The van der Waals surface area contributed by atoms with Gasteiger partial charge in [-0.15, -0.1) is 10.2 Å². The molecule has 4 nitrogen and oxygen atoms in total. The summed E-state index contributed by atoms with van der Waals surface area (Å²) in [5.41, 5.74) is 0. The van der Waals surface area contributed by atoms with E-state index in [-0.39, 0.29) is 0 Å². The third-order valence-corrected chi connectivity index (χ3v) is 1.65. The number of unbranched alkanes of at least 4 members (excludes halogenated alkanes) is 2. The van der Waals surface area contributed by atoms with Gasteiger partial charge in [-0.25, -0.2) is 4.68 Å². The minimum Gasteiger partial charge on any atom is -0.336 e. The van der Waals surface area contributed by atoms with Crippen molar-refractivity contribution in [1.82, 2.24) is 14.9 Å². The lowest BCUT2D eigenvalue weighted by Gasteiger charge is -1.97. The SMILES string of the molecule is CCCCCc1nncn1N. The van der Waals surface area contributed by atoms with E-state index in [1.54, 1.807) is 0 Å². The van der Waals surface area contributed by atoms with Gasteiger partial charge in [0.05, 0.1) is 0 Å². The Kier molecular flexibility index (Phi) is 2.89. The molecule has 1 heterocycles. The fourth-order valence-corrected chi connectivity index (χ4v) is 0.979. The van der Waals surface area contributed by atoms with Crippen LogP contribution in [0.3, 0.4) is 0 Å². The summed E-state index contributed by atoms with van der Waals surface area (Å²) in [6.45, 7) is 2.17. The van der Waals surface area contributed by atoms with Crippen LogP contribution in [0.15, 0.2) is 6.33 Å². The molecular weight excluding hydrogens is 140 g/mol. The van der Waals surface area contributed by atoms with E-state index in [1.165, 1.54) is 23.8 Å². The van der Waals surface area contributed by atoms with E-state index in [1.807, 2.05) is 0 Å². The third-order valence-electron chi connectivity index (χ3n) is 1.65. The van der Waals surface area contributed by atoms with Crippen LogP contribution in [-0.4, -0.2) is 14.9 Å². The maximum atomic E-state index is 5.51. The molecule has 11 heavy (non-hydrogen) atoms. The van der Waals surface area contributed by atoms with Gasteiger partial charge in [-0.2, -0.15) is 0 Å². The van der Waals surface area contributed by atoms with E-state index in [4.69, 9.17) is 5.84 Å². The summed E-state index contributed by atoms with van der Waals surface area (Å²) >= 11 is 0. The predicted octanol–water partition coefficient (Wildman–Crippen LogP) is 0.725. The highest BCUT2D eigenvalue weighted by atomic mass is 15.4. The molecule has 0 bridgehead atoms. The molecule has 0 aliphatic carbocycles. The zero-order valence-corrected chi connectivity index (χ0v) is 6.82. The van der Waals surface area contributed by atoms with Crippen LogP contribution in [-0.2, 0) is 6.42 Å². The number of nitrogens with two attached hydrogens (primary N) is 1. The number of rotatable bonds is 4. The Morgan fingerprint density at radius 1 is 1.55 bits per heavy atom. The van der Waals surface area contributed by atoms with E-state index in [9.17, 15) is 0 Å². The first-order valence-electron chi connectivity index (χ1n) is 3.98. The smallest absolute Gasteiger partial charge is 0.151 e. The third kappa shape index (κ3) is 2.22. The number of nitrogen functional groups attached to an aromatic ring is 1. The monoisotopic (exact) mass is 154 g/mol. The maximum Gasteiger partial charge on any atom is 0.151 e. The van der Waals surface area contributed by atoms with Crippen LogP contribution >= 0.6 is 0 Å². The van der Waals surface area contributed by atoms with Gasteiger partial charge in [0.1, 0.15) is 6.33 Å². The highest BCUT2D eigenvalue weighted by Gasteiger charge is 1.98. The minimum absolute atomic E-state index is 0.874. The normalized spacial score (nSPS) is 10.3. The average Bonchev–Trinajstić information content (AvgIpc) is 2.37. The van der Waals surface area contributed by atoms with Gasteiger partial charge in [-0.1, -0.05) is 19.8 Å². The Bertz CT molecular complexity index is 206. The summed E-state index contributed by atoms with van der Waals surface area (Å²) in [6.07, 6.45) is 6.06. The molecule has 0 unspecified atom stereocenters. The van der Waals surface area contributed by atoms with Crippen LogP contribution in [0.4, 0.5) is 0 Å². The summed E-state index contributed by atoms with van der Waals surface area (Å²) in [6, 6.07) is 0. The molecule has 1 rings (SSSR count). The minimum atomic E-state index is 0.874. The Hall–Kier alpha value is -1.06. The zero-order chi connectivity index (χ0) is 8.10. The van der Waals surface area contributed by atoms with Crippen molar-refractivity contribution in [1.29, 1.82) is 0 Å². The van der Waals surface area contributed by atoms with Crippen LogP contribution in [0, 0.1) is 0 Å². The Balaban J connectivity index is 2.32. The van der Waals surface area contributed by atoms with Crippen LogP contribution in [0.2, 0.25) is 0 Å². The van der Waals surface area contributed by atoms with Gasteiger partial charge in [0.15, 0.2) is 5.82 Å². The van der Waals surface area contributed by atoms with Gasteiger partial charge >= 0.3 is 0 Å². The molecule has 0 amide bonds. The molecule has 0 saturated carbocycles. The zero-order valence-electron chi connectivity index (χ0n) is 6.82. The van der Waals surface area contributed by atoms with Crippen molar-refractivity contribution in [3.63, 3.8) is 0 Å². The largest absolute Gasteiger partial charge is 0.336 e. The van der Waals surface area contributed by atoms with Crippen molar-refractivity contribution in [2.45, 2.75) is 32.6 Å². The molecule has 1 aromatic rings. The average molecular weight is 154 g/mol. The standard InChI is InChI=1S/C7H14N4/c1-2-3-4-5-7-10-9-6-11(7)8/h6H,2-5,8H2,1H3. The van der Waals surface area contributed by atoms with E-state index < -0.39 is 0 Å². The number of hydrogen-bond donors (Lipinski definition) is 1. The molecule has 0 saturated heterocycles. The van der Waals surface area contributed by atoms with Gasteiger partial charge in [0.25, 0.3) is 0 Å². The van der Waals surface area contributed by atoms with Gasteiger partial charge < -0.3 is 5.84 Å². The fraction of sp³-hybridized carbons (Fsp3) is 0.714. The molecule has 1 aromatic heterocycles. The van der Waals surface area contributed by atoms with E-state index >= 15 is 0 Å². The van der Waals surface area contributed by atoms with Crippen molar-refractivity contribution in [2.75, 3.05) is 5.84 Å². The first kappa shape index (κ1) is 8.04. The maximum absolute atomic E-state index is 5.51. The molecule has 2 N–H and O–H groups in total. The van der Waals surface area contributed by atoms with Crippen molar-refractivity contribution in [3.05, 3.63) is 12.2 Å². The second-order valence-electron chi connectivity index (χ2n) is 2.61. The summed E-state index contributed by atoms with van der Waals surface area (Å²) in [7, 11) is 0. The highest BCUT2D eigenvalue weighted by Crippen LogP contribution is 2.00. The van der Waals surface area contributed by atoms with E-state index in [0.717, 1.165) is 18.7 Å². The van der Waals surface area contributed by atoms with Crippen LogP contribution in [0.25, 0.3) is 0 Å². The van der Waals surface area contributed by atoms with E-state index in [2.05, 4.69) is 17.1 Å². The molecule has 0 fully saturated rings. The summed E-state index contributed by atoms with van der Waals surface area (Å²) < 4.78 is 1.48. The topological polar surface area (TPSA) is 56.7 Å². The van der Waals surface area contributed by atoms with Crippen molar-refractivity contribution >= 4 is 0 Å². The molecule has 0 aromatic carbocycles.